The zero-order valence-electron chi connectivity index (χ0n) is 11.1. The van der Waals surface area contributed by atoms with E-state index in [1.54, 1.807) is 24.1 Å². The molecule has 6 nitrogen and oxygen atoms in total. The third kappa shape index (κ3) is 4.17. The van der Waals surface area contributed by atoms with Crippen LogP contribution in [0.15, 0.2) is 18.2 Å². The Balaban J connectivity index is 2.72. The van der Waals surface area contributed by atoms with Crippen LogP contribution in [0.4, 0.5) is 11.4 Å². The third-order valence-electron chi connectivity index (χ3n) is 2.66. The Morgan fingerprint density at radius 1 is 1.42 bits per heavy atom. The van der Waals surface area contributed by atoms with Crippen LogP contribution in [0.1, 0.15) is 23.7 Å². The number of carbonyl (C=O) groups excluding carboxylic acids is 1. The number of anilines is 2. The molecule has 0 saturated carbocycles. The number of nitrogen functional groups attached to an aromatic ring is 1. The smallest absolute Gasteiger partial charge is 0.337 e. The molecule has 1 rings (SSSR count). The van der Waals surface area contributed by atoms with Crippen molar-refractivity contribution < 1.29 is 14.7 Å². The first-order chi connectivity index (χ1) is 8.95. The number of carboxylic acids is 1. The molecule has 0 aromatic heterocycles. The van der Waals surface area contributed by atoms with E-state index in [-0.39, 0.29) is 23.7 Å². The lowest BCUT2D eigenvalue weighted by atomic mass is 10.1. The number of likely N-dealkylation sites (N-methyl/N-ethyl adjacent to an activating group) is 1. The molecular weight excluding hydrogens is 246 g/mol. The summed E-state index contributed by atoms with van der Waals surface area (Å²) in [6.07, 6.45) is 0.885. The number of nitrogens with one attached hydrogen (secondary N) is 1. The van der Waals surface area contributed by atoms with Gasteiger partial charge in [0.15, 0.2) is 0 Å². The lowest BCUT2D eigenvalue weighted by molar-refractivity contribution is -0.119. The van der Waals surface area contributed by atoms with E-state index in [2.05, 4.69) is 5.32 Å². The van der Waals surface area contributed by atoms with Gasteiger partial charge in [-0.2, -0.15) is 0 Å². The summed E-state index contributed by atoms with van der Waals surface area (Å²) in [4.78, 5) is 24.1. The Bertz CT molecular complexity index is 474. The predicted octanol–water partition coefficient (Wildman–Crippen LogP) is 0.929. The Morgan fingerprint density at radius 3 is 2.63 bits per heavy atom. The molecule has 19 heavy (non-hydrogen) atoms. The van der Waals surface area contributed by atoms with Crippen molar-refractivity contribution in [2.75, 3.05) is 30.8 Å². The van der Waals surface area contributed by atoms with Crippen molar-refractivity contribution in [1.29, 1.82) is 0 Å². The third-order valence-corrected chi connectivity index (χ3v) is 2.66. The van der Waals surface area contributed by atoms with Gasteiger partial charge in [0.05, 0.1) is 12.1 Å². The number of amides is 1. The van der Waals surface area contributed by atoms with Crippen molar-refractivity contribution >= 4 is 23.3 Å². The molecule has 1 aromatic rings. The van der Waals surface area contributed by atoms with Gasteiger partial charge in [-0.25, -0.2) is 4.79 Å². The number of hydrogen-bond donors (Lipinski definition) is 3. The monoisotopic (exact) mass is 265 g/mol. The Labute approximate surface area is 112 Å². The maximum atomic E-state index is 11.6. The summed E-state index contributed by atoms with van der Waals surface area (Å²) >= 11 is 0. The van der Waals surface area contributed by atoms with E-state index in [1.165, 1.54) is 6.07 Å². The van der Waals surface area contributed by atoms with Crippen LogP contribution in [0.25, 0.3) is 0 Å². The molecule has 0 unspecified atom stereocenters. The number of nitrogens with zero attached hydrogens (tertiary/aromatic N) is 1. The van der Waals surface area contributed by atoms with Gasteiger partial charge in [-0.05, 0) is 24.6 Å². The van der Waals surface area contributed by atoms with Gasteiger partial charge in [0, 0.05) is 25.0 Å². The zero-order chi connectivity index (χ0) is 14.4. The minimum atomic E-state index is -1.06. The highest BCUT2D eigenvalue weighted by molar-refractivity contribution is 5.94. The number of aromatic carboxylic acids is 1. The fourth-order valence-corrected chi connectivity index (χ4v) is 1.61. The summed E-state index contributed by atoms with van der Waals surface area (Å²) in [5, 5.41) is 11.7. The minimum absolute atomic E-state index is 0.0626. The predicted molar refractivity (Wildman–Crippen MR) is 74.4 cm³/mol. The highest BCUT2D eigenvalue weighted by Crippen LogP contribution is 2.20. The molecule has 0 spiro atoms. The van der Waals surface area contributed by atoms with Crippen molar-refractivity contribution in [1.82, 2.24) is 5.32 Å². The van der Waals surface area contributed by atoms with Gasteiger partial charge in [-0.15, -0.1) is 0 Å². The zero-order valence-corrected chi connectivity index (χ0v) is 11.1. The quantitative estimate of drug-likeness (QED) is 0.665. The SMILES string of the molecule is CCCNC(=O)CN(C)c1ccc(C(=O)O)c(N)c1. The van der Waals surface area contributed by atoms with Gasteiger partial charge in [0.2, 0.25) is 5.91 Å². The van der Waals surface area contributed by atoms with E-state index >= 15 is 0 Å². The van der Waals surface area contributed by atoms with E-state index in [4.69, 9.17) is 10.8 Å². The van der Waals surface area contributed by atoms with Crippen LogP contribution in [0.2, 0.25) is 0 Å². The Morgan fingerprint density at radius 2 is 2.11 bits per heavy atom. The number of nitrogens with two attached hydrogens (primary N) is 1. The molecule has 0 aliphatic heterocycles. The first kappa shape index (κ1) is 14.8. The topological polar surface area (TPSA) is 95.7 Å². The highest BCUT2D eigenvalue weighted by Gasteiger charge is 2.11. The van der Waals surface area contributed by atoms with Crippen LogP contribution in [-0.2, 0) is 4.79 Å². The van der Waals surface area contributed by atoms with Gasteiger partial charge in [-0.1, -0.05) is 6.92 Å². The van der Waals surface area contributed by atoms with Crippen LogP contribution in [0.3, 0.4) is 0 Å². The minimum Gasteiger partial charge on any atom is -0.478 e. The average molecular weight is 265 g/mol. The second-order valence-corrected chi connectivity index (χ2v) is 4.28. The summed E-state index contributed by atoms with van der Waals surface area (Å²) < 4.78 is 0. The number of carboxylic acid groups (broad SMARTS) is 1. The molecule has 4 N–H and O–H groups in total. The molecular formula is C13H19N3O3. The molecule has 0 bridgehead atoms. The van der Waals surface area contributed by atoms with E-state index in [0.717, 1.165) is 6.42 Å². The Kier molecular flexibility index (Phi) is 5.17. The molecule has 104 valence electrons. The van der Waals surface area contributed by atoms with Crippen molar-refractivity contribution in [3.8, 4) is 0 Å². The van der Waals surface area contributed by atoms with Crippen molar-refractivity contribution in [3.05, 3.63) is 23.8 Å². The van der Waals surface area contributed by atoms with E-state index in [1.807, 2.05) is 6.92 Å². The molecule has 0 aliphatic carbocycles. The summed E-state index contributed by atoms with van der Waals surface area (Å²) in [5.41, 5.74) is 6.61. The van der Waals surface area contributed by atoms with Crippen molar-refractivity contribution in [3.63, 3.8) is 0 Å². The maximum Gasteiger partial charge on any atom is 0.337 e. The standard InChI is InChI=1S/C13H19N3O3/c1-3-6-15-12(17)8-16(2)9-4-5-10(13(18)19)11(14)7-9/h4-5,7H,3,6,8,14H2,1-2H3,(H,15,17)(H,18,19). The second kappa shape index (κ2) is 6.63. The lowest BCUT2D eigenvalue weighted by Gasteiger charge is -2.19. The van der Waals surface area contributed by atoms with Gasteiger partial charge in [0.1, 0.15) is 0 Å². The first-order valence-electron chi connectivity index (χ1n) is 6.06. The lowest BCUT2D eigenvalue weighted by Crippen LogP contribution is -2.35. The Hall–Kier alpha value is -2.24. The summed E-state index contributed by atoms with van der Waals surface area (Å²) in [7, 11) is 1.75. The number of carbonyl (C=O) groups is 2. The van der Waals surface area contributed by atoms with Crippen molar-refractivity contribution in [2.24, 2.45) is 0 Å². The van der Waals surface area contributed by atoms with E-state index < -0.39 is 5.97 Å². The second-order valence-electron chi connectivity index (χ2n) is 4.28. The summed E-state index contributed by atoms with van der Waals surface area (Å²) in [5.74, 6) is -1.14. The molecule has 0 saturated heterocycles. The van der Waals surface area contributed by atoms with Crippen LogP contribution in [0, 0.1) is 0 Å². The van der Waals surface area contributed by atoms with Gasteiger partial charge in [-0.3, -0.25) is 4.79 Å². The van der Waals surface area contributed by atoms with Gasteiger partial charge in [0.25, 0.3) is 0 Å². The molecule has 1 amide bonds. The number of benzene rings is 1. The number of hydrogen-bond acceptors (Lipinski definition) is 4. The van der Waals surface area contributed by atoms with Crippen LogP contribution >= 0.6 is 0 Å². The molecule has 0 aliphatic rings. The molecule has 6 heteroatoms. The van der Waals surface area contributed by atoms with Gasteiger partial charge >= 0.3 is 5.97 Å². The van der Waals surface area contributed by atoms with E-state index in [0.29, 0.717) is 12.2 Å². The van der Waals surface area contributed by atoms with E-state index in [9.17, 15) is 9.59 Å². The largest absolute Gasteiger partial charge is 0.478 e. The summed E-state index contributed by atoms with van der Waals surface area (Å²) in [6, 6.07) is 4.62. The average Bonchev–Trinajstić information content (AvgIpc) is 2.35. The molecule has 0 heterocycles. The maximum absolute atomic E-state index is 11.6. The van der Waals surface area contributed by atoms with Crippen LogP contribution in [0.5, 0.6) is 0 Å². The fraction of sp³-hybridized carbons (Fsp3) is 0.385. The molecule has 0 radical (unpaired) electrons. The van der Waals surface area contributed by atoms with Crippen LogP contribution in [-0.4, -0.2) is 37.1 Å². The summed E-state index contributed by atoms with van der Waals surface area (Å²) in [6.45, 7) is 2.83. The normalized spacial score (nSPS) is 10.0. The highest BCUT2D eigenvalue weighted by atomic mass is 16.4. The molecule has 1 aromatic carbocycles. The van der Waals surface area contributed by atoms with Crippen molar-refractivity contribution in [2.45, 2.75) is 13.3 Å². The van der Waals surface area contributed by atoms with Gasteiger partial charge < -0.3 is 21.1 Å². The first-order valence-corrected chi connectivity index (χ1v) is 6.06. The molecule has 0 atom stereocenters. The number of rotatable bonds is 6. The fourth-order valence-electron chi connectivity index (χ4n) is 1.61. The van der Waals surface area contributed by atoms with Crippen LogP contribution < -0.4 is 16.0 Å². The molecule has 0 fully saturated rings.